The summed E-state index contributed by atoms with van der Waals surface area (Å²) in [6.07, 6.45) is 1.15. The van der Waals surface area contributed by atoms with E-state index >= 15 is 0 Å². The maximum atomic E-state index is 13.7. The zero-order valence-electron chi connectivity index (χ0n) is 20.5. The number of rotatable bonds is 8. The molecule has 0 spiro atoms. The Kier molecular flexibility index (Phi) is 6.51. The number of ether oxygens (including phenoxy) is 1. The molecular formula is C30H23BrF2N2O3S. The van der Waals surface area contributed by atoms with Gasteiger partial charge in [-0.2, -0.15) is 8.78 Å². The monoisotopic (exact) mass is 608 g/mol. The van der Waals surface area contributed by atoms with Gasteiger partial charge in [0.15, 0.2) is 9.84 Å². The molecule has 1 fully saturated rings. The smallest absolute Gasteiger partial charge is 0.388 e. The Balaban J connectivity index is 1.76. The number of fused-ring (bicyclic) bond motifs is 1. The Morgan fingerprint density at radius 1 is 0.821 bits per heavy atom. The van der Waals surface area contributed by atoms with Crippen molar-refractivity contribution in [3.8, 4) is 5.88 Å². The third-order valence-electron chi connectivity index (χ3n) is 7.08. The highest BCUT2D eigenvalue weighted by atomic mass is 79.9. The van der Waals surface area contributed by atoms with Crippen LogP contribution in [-0.4, -0.2) is 30.1 Å². The number of benzene rings is 4. The lowest BCUT2D eigenvalue weighted by Gasteiger charge is -2.36. The van der Waals surface area contributed by atoms with Crippen molar-refractivity contribution in [1.29, 1.82) is 0 Å². The molecule has 1 aliphatic carbocycles. The summed E-state index contributed by atoms with van der Waals surface area (Å²) in [5, 5.41) is 4.36. The maximum Gasteiger partial charge on any atom is 0.388 e. The van der Waals surface area contributed by atoms with E-state index in [0.717, 1.165) is 16.7 Å². The second kappa shape index (κ2) is 9.88. The van der Waals surface area contributed by atoms with Crippen LogP contribution in [0.5, 0.6) is 5.88 Å². The van der Waals surface area contributed by atoms with Gasteiger partial charge in [-0.15, -0.1) is 5.10 Å². The van der Waals surface area contributed by atoms with Crippen LogP contribution in [0.1, 0.15) is 29.5 Å². The number of hydrogen-bond donors (Lipinski definition) is 0. The molecular weight excluding hydrogens is 586 g/mol. The van der Waals surface area contributed by atoms with Gasteiger partial charge in [-0.05, 0) is 57.6 Å². The van der Waals surface area contributed by atoms with E-state index in [-0.39, 0.29) is 20.6 Å². The molecule has 0 saturated heterocycles. The van der Waals surface area contributed by atoms with E-state index in [1.807, 2.05) is 91.0 Å². The lowest BCUT2D eigenvalue weighted by molar-refractivity contribution is -0.0524. The molecule has 0 amide bonds. The van der Waals surface area contributed by atoms with Gasteiger partial charge in [0.1, 0.15) is 5.54 Å². The fourth-order valence-electron chi connectivity index (χ4n) is 5.23. The normalized spacial score (nSPS) is 14.2. The molecule has 1 heterocycles. The molecule has 1 aromatic heterocycles. The molecule has 0 unspecified atom stereocenters. The molecule has 0 N–H and O–H groups in total. The van der Waals surface area contributed by atoms with Crippen LogP contribution < -0.4 is 4.74 Å². The molecule has 5 nitrogen and oxygen atoms in total. The number of sulfone groups is 1. The van der Waals surface area contributed by atoms with Gasteiger partial charge in [0.2, 0.25) is 5.88 Å². The first-order chi connectivity index (χ1) is 18.8. The Morgan fingerprint density at radius 3 is 1.74 bits per heavy atom. The molecule has 1 aliphatic rings. The van der Waals surface area contributed by atoms with Crippen LogP contribution >= 0.6 is 15.9 Å². The highest BCUT2D eigenvalue weighted by Crippen LogP contribution is 2.47. The van der Waals surface area contributed by atoms with Crippen LogP contribution in [-0.2, 0) is 15.4 Å². The van der Waals surface area contributed by atoms with Crippen LogP contribution in [0.4, 0.5) is 8.78 Å². The lowest BCUT2D eigenvalue weighted by atomic mass is 9.77. The van der Waals surface area contributed by atoms with Crippen molar-refractivity contribution in [1.82, 2.24) is 9.78 Å². The average molecular weight is 609 g/mol. The van der Waals surface area contributed by atoms with Gasteiger partial charge >= 0.3 is 6.61 Å². The van der Waals surface area contributed by atoms with Crippen LogP contribution in [0.3, 0.4) is 0 Å². The second-order valence-electron chi connectivity index (χ2n) is 9.42. The largest absolute Gasteiger partial charge is 0.415 e. The summed E-state index contributed by atoms with van der Waals surface area (Å²) < 4.78 is 60.6. The third-order valence-corrected chi connectivity index (χ3v) is 10.5. The van der Waals surface area contributed by atoms with Crippen LogP contribution in [0.2, 0.25) is 0 Å². The summed E-state index contributed by atoms with van der Waals surface area (Å²) >= 11 is 3.45. The Labute approximate surface area is 233 Å². The van der Waals surface area contributed by atoms with Crippen molar-refractivity contribution in [2.24, 2.45) is 0 Å². The van der Waals surface area contributed by atoms with E-state index in [9.17, 15) is 17.2 Å². The lowest BCUT2D eigenvalue weighted by Crippen LogP contribution is -2.38. The highest BCUT2D eigenvalue weighted by molar-refractivity contribution is 9.10. The summed E-state index contributed by atoms with van der Waals surface area (Å²) in [6, 6.07) is 32.1. The summed E-state index contributed by atoms with van der Waals surface area (Å²) in [7, 11) is -3.64. The summed E-state index contributed by atoms with van der Waals surface area (Å²) in [6.45, 7) is -3.16. The van der Waals surface area contributed by atoms with Crippen LogP contribution in [0.15, 0.2) is 112 Å². The molecule has 6 rings (SSSR count). The van der Waals surface area contributed by atoms with Crippen LogP contribution in [0.25, 0.3) is 10.9 Å². The minimum atomic E-state index is -3.64. The molecule has 4 aromatic carbocycles. The van der Waals surface area contributed by atoms with E-state index in [1.165, 1.54) is 6.07 Å². The molecule has 0 aliphatic heterocycles. The SMILES string of the molecule is O=S(=O)(c1ccc2c(c(OC(F)F)nn2C(c2ccccc2)(c2ccccc2)c2ccccc2)c1Br)C1CC1. The van der Waals surface area contributed by atoms with Crippen molar-refractivity contribution in [3.63, 3.8) is 0 Å². The van der Waals surface area contributed by atoms with Gasteiger partial charge in [-0.3, -0.25) is 0 Å². The zero-order chi connectivity index (χ0) is 27.2. The minimum Gasteiger partial charge on any atom is -0.415 e. The van der Waals surface area contributed by atoms with E-state index in [1.54, 1.807) is 10.7 Å². The fourth-order valence-corrected chi connectivity index (χ4v) is 8.13. The average Bonchev–Trinajstić information content (AvgIpc) is 3.75. The summed E-state index contributed by atoms with van der Waals surface area (Å²) in [5.74, 6) is -0.355. The number of halogens is 3. The molecule has 39 heavy (non-hydrogen) atoms. The topological polar surface area (TPSA) is 61.2 Å². The summed E-state index contributed by atoms with van der Waals surface area (Å²) in [4.78, 5) is 0.0425. The first-order valence-electron chi connectivity index (χ1n) is 12.4. The molecule has 9 heteroatoms. The van der Waals surface area contributed by atoms with Crippen LogP contribution in [0, 0.1) is 0 Å². The van der Waals surface area contributed by atoms with Crippen molar-refractivity contribution in [2.45, 2.75) is 35.1 Å². The van der Waals surface area contributed by atoms with Gasteiger partial charge in [0.05, 0.1) is 25.5 Å². The first kappa shape index (κ1) is 25.7. The molecule has 0 bridgehead atoms. The van der Waals surface area contributed by atoms with Gasteiger partial charge in [-0.1, -0.05) is 91.0 Å². The molecule has 1 saturated carbocycles. The zero-order valence-corrected chi connectivity index (χ0v) is 22.9. The van der Waals surface area contributed by atoms with Crippen molar-refractivity contribution in [3.05, 3.63) is 124 Å². The Bertz CT molecular complexity index is 1640. The van der Waals surface area contributed by atoms with E-state index in [0.29, 0.717) is 18.4 Å². The Hall–Kier alpha value is -3.56. The maximum absolute atomic E-state index is 13.7. The Morgan fingerprint density at radius 2 is 1.31 bits per heavy atom. The number of nitrogens with zero attached hydrogens (tertiary/aromatic N) is 2. The quantitative estimate of drug-likeness (QED) is 0.175. The van der Waals surface area contributed by atoms with E-state index < -0.39 is 27.2 Å². The second-order valence-corrected chi connectivity index (χ2v) is 12.4. The molecule has 0 radical (unpaired) electrons. The molecule has 198 valence electrons. The minimum absolute atomic E-state index is 0.0425. The van der Waals surface area contributed by atoms with Gasteiger partial charge < -0.3 is 4.74 Å². The van der Waals surface area contributed by atoms with E-state index in [2.05, 4.69) is 21.0 Å². The molecule has 0 atom stereocenters. The van der Waals surface area contributed by atoms with Crippen molar-refractivity contribution in [2.75, 3.05) is 0 Å². The van der Waals surface area contributed by atoms with Crippen molar-refractivity contribution >= 4 is 36.7 Å². The number of alkyl halides is 2. The van der Waals surface area contributed by atoms with Gasteiger partial charge in [0.25, 0.3) is 0 Å². The predicted molar refractivity (Wildman–Crippen MR) is 149 cm³/mol. The third kappa shape index (κ3) is 4.24. The van der Waals surface area contributed by atoms with Crippen molar-refractivity contribution < 1.29 is 21.9 Å². The highest BCUT2D eigenvalue weighted by Gasteiger charge is 2.43. The summed E-state index contributed by atoms with van der Waals surface area (Å²) in [5.41, 5.74) is 1.83. The van der Waals surface area contributed by atoms with Gasteiger partial charge in [-0.25, -0.2) is 13.1 Å². The van der Waals surface area contributed by atoms with Gasteiger partial charge in [0, 0.05) is 0 Å². The first-order valence-corrected chi connectivity index (χ1v) is 14.8. The fraction of sp³-hybridized carbons (Fsp3) is 0.167. The number of hydrogen-bond acceptors (Lipinski definition) is 4. The number of aromatic nitrogens is 2. The molecule has 5 aromatic rings. The van der Waals surface area contributed by atoms with E-state index in [4.69, 9.17) is 4.74 Å². The standard InChI is InChI=1S/C30H23BrF2N2O3S/c31-27-25(39(36,37)23-16-17-23)19-18-24-26(27)28(38-29(32)33)34-35(24)30(20-10-4-1-5-11-20,21-12-6-2-7-13-21)22-14-8-3-9-15-22/h1-15,18-19,23,29H,16-17H2. The predicted octanol–water partition coefficient (Wildman–Crippen LogP) is 7.18.